The molecule has 1 heterocycles. The van der Waals surface area contributed by atoms with Gasteiger partial charge in [-0.3, -0.25) is 4.79 Å². The van der Waals surface area contributed by atoms with Gasteiger partial charge in [-0.05, 0) is 19.2 Å². The maximum Gasteiger partial charge on any atom is 0.221 e. The molecule has 0 saturated heterocycles. The number of carbonyl (C=O) groups is 1. The molecule has 0 spiro atoms. The van der Waals surface area contributed by atoms with E-state index in [1.54, 1.807) is 0 Å². The zero-order valence-corrected chi connectivity index (χ0v) is 12.2. The summed E-state index contributed by atoms with van der Waals surface area (Å²) in [4.78, 5) is 18.9. The number of rotatable bonds is 5. The van der Waals surface area contributed by atoms with E-state index in [1.807, 2.05) is 31.3 Å². The summed E-state index contributed by atoms with van der Waals surface area (Å²) < 4.78 is 0. The van der Waals surface area contributed by atoms with Gasteiger partial charge in [-0.1, -0.05) is 12.1 Å². The van der Waals surface area contributed by atoms with Crippen molar-refractivity contribution in [2.24, 2.45) is 0 Å². The van der Waals surface area contributed by atoms with Crippen LogP contribution < -0.4 is 10.6 Å². The molecule has 0 bridgehead atoms. The molecule has 0 aliphatic heterocycles. The highest BCUT2D eigenvalue weighted by Gasteiger charge is 2.04. The predicted molar refractivity (Wildman–Crippen MR) is 81.0 cm³/mol. The lowest BCUT2D eigenvalue weighted by Gasteiger charge is -2.02. The minimum atomic E-state index is 0. The number of nitrogens with one attached hydrogen (secondary N) is 3. The number of carbonyl (C=O) groups excluding carboxylic acids is 1. The van der Waals surface area contributed by atoms with Crippen LogP contribution in [0.2, 0.25) is 0 Å². The van der Waals surface area contributed by atoms with Crippen LogP contribution in [0.3, 0.4) is 0 Å². The van der Waals surface area contributed by atoms with Crippen molar-refractivity contribution in [2.75, 3.05) is 13.6 Å². The second-order valence-corrected chi connectivity index (χ2v) is 3.83. The SMILES string of the molecule is CNCCC(=O)NCc1nc2ccccc2[nH]1.Cl.Cl. The highest BCUT2D eigenvalue weighted by Crippen LogP contribution is 2.09. The van der Waals surface area contributed by atoms with Crippen molar-refractivity contribution in [3.8, 4) is 0 Å². The first-order valence-corrected chi connectivity index (χ1v) is 5.64. The number of aromatic amines is 1. The smallest absolute Gasteiger partial charge is 0.221 e. The Morgan fingerprint density at radius 2 is 2.05 bits per heavy atom. The molecule has 2 aromatic rings. The summed E-state index contributed by atoms with van der Waals surface area (Å²) in [5, 5.41) is 5.76. The number of hydrogen-bond acceptors (Lipinski definition) is 3. The summed E-state index contributed by atoms with van der Waals surface area (Å²) in [5.41, 5.74) is 1.92. The van der Waals surface area contributed by atoms with E-state index in [0.29, 0.717) is 19.5 Å². The van der Waals surface area contributed by atoms with Crippen molar-refractivity contribution in [1.82, 2.24) is 20.6 Å². The Morgan fingerprint density at radius 1 is 1.32 bits per heavy atom. The number of hydrogen-bond donors (Lipinski definition) is 3. The van der Waals surface area contributed by atoms with E-state index in [-0.39, 0.29) is 30.7 Å². The minimum Gasteiger partial charge on any atom is -0.349 e. The zero-order chi connectivity index (χ0) is 12.1. The molecule has 1 aromatic heterocycles. The molecule has 19 heavy (non-hydrogen) atoms. The van der Waals surface area contributed by atoms with Crippen LogP contribution >= 0.6 is 24.8 Å². The molecule has 1 aromatic carbocycles. The maximum absolute atomic E-state index is 11.4. The molecule has 0 fully saturated rings. The third-order valence-corrected chi connectivity index (χ3v) is 2.49. The predicted octanol–water partition coefficient (Wildman–Crippen LogP) is 1.63. The number of fused-ring (bicyclic) bond motifs is 1. The number of halogens is 2. The largest absolute Gasteiger partial charge is 0.349 e. The molecule has 0 saturated carbocycles. The van der Waals surface area contributed by atoms with Gasteiger partial charge in [0, 0.05) is 13.0 Å². The molecule has 0 radical (unpaired) electrons. The van der Waals surface area contributed by atoms with E-state index in [4.69, 9.17) is 0 Å². The summed E-state index contributed by atoms with van der Waals surface area (Å²) in [6.45, 7) is 1.13. The van der Waals surface area contributed by atoms with Crippen LogP contribution in [0.5, 0.6) is 0 Å². The second kappa shape index (κ2) is 8.74. The maximum atomic E-state index is 11.4. The molecule has 106 valence electrons. The topological polar surface area (TPSA) is 69.8 Å². The van der Waals surface area contributed by atoms with Crippen molar-refractivity contribution in [2.45, 2.75) is 13.0 Å². The molecule has 0 atom stereocenters. The Morgan fingerprint density at radius 3 is 2.74 bits per heavy atom. The molecule has 5 nitrogen and oxygen atoms in total. The fourth-order valence-corrected chi connectivity index (χ4v) is 1.60. The monoisotopic (exact) mass is 304 g/mol. The van der Waals surface area contributed by atoms with Crippen molar-refractivity contribution < 1.29 is 4.79 Å². The van der Waals surface area contributed by atoms with Crippen molar-refractivity contribution >= 4 is 41.8 Å². The summed E-state index contributed by atoms with van der Waals surface area (Å²) in [6.07, 6.45) is 0.483. The molecule has 7 heteroatoms. The van der Waals surface area contributed by atoms with Gasteiger partial charge in [0.25, 0.3) is 0 Å². The number of nitrogens with zero attached hydrogens (tertiary/aromatic N) is 1. The van der Waals surface area contributed by atoms with Crippen molar-refractivity contribution in [3.63, 3.8) is 0 Å². The van der Waals surface area contributed by atoms with Crippen LogP contribution in [0, 0.1) is 0 Å². The molecule has 0 unspecified atom stereocenters. The van der Waals surface area contributed by atoms with Crippen LogP contribution in [0.4, 0.5) is 0 Å². The lowest BCUT2D eigenvalue weighted by Crippen LogP contribution is -2.26. The fourth-order valence-electron chi connectivity index (χ4n) is 1.60. The average molecular weight is 305 g/mol. The van der Waals surface area contributed by atoms with Crippen LogP contribution in [0.25, 0.3) is 11.0 Å². The molecular weight excluding hydrogens is 287 g/mol. The second-order valence-electron chi connectivity index (χ2n) is 3.83. The van der Waals surface area contributed by atoms with Crippen molar-refractivity contribution in [3.05, 3.63) is 30.1 Å². The summed E-state index contributed by atoms with van der Waals surface area (Å²) in [6, 6.07) is 7.81. The van der Waals surface area contributed by atoms with Gasteiger partial charge in [0.15, 0.2) is 0 Å². The normalized spacial score (nSPS) is 9.53. The van der Waals surface area contributed by atoms with Crippen LogP contribution in [0.1, 0.15) is 12.2 Å². The van der Waals surface area contributed by atoms with E-state index in [1.165, 1.54) is 0 Å². The van der Waals surface area contributed by atoms with E-state index >= 15 is 0 Å². The summed E-state index contributed by atoms with van der Waals surface area (Å²) >= 11 is 0. The zero-order valence-electron chi connectivity index (χ0n) is 10.6. The standard InChI is InChI=1S/C12H16N4O.2ClH/c1-13-7-6-12(17)14-8-11-15-9-4-2-3-5-10(9)16-11;;/h2-5,13H,6-8H2,1H3,(H,14,17)(H,15,16);2*1H. The molecule has 3 N–H and O–H groups in total. The lowest BCUT2D eigenvalue weighted by molar-refractivity contribution is -0.121. The molecular formula is C12H18Cl2N4O. The van der Waals surface area contributed by atoms with E-state index in [2.05, 4.69) is 20.6 Å². The third-order valence-electron chi connectivity index (χ3n) is 2.49. The number of H-pyrrole nitrogens is 1. The van der Waals surface area contributed by atoms with Gasteiger partial charge in [0.2, 0.25) is 5.91 Å². The van der Waals surface area contributed by atoms with E-state index < -0.39 is 0 Å². The lowest BCUT2D eigenvalue weighted by atomic mass is 10.3. The quantitative estimate of drug-likeness (QED) is 0.786. The number of benzene rings is 1. The Kier molecular flexibility index (Phi) is 8.14. The average Bonchev–Trinajstić information content (AvgIpc) is 2.76. The van der Waals surface area contributed by atoms with Crippen LogP contribution in [0.15, 0.2) is 24.3 Å². The molecule has 1 amide bonds. The Labute approximate surface area is 124 Å². The Balaban J connectivity index is 0.00000162. The third kappa shape index (κ3) is 5.06. The fraction of sp³-hybridized carbons (Fsp3) is 0.333. The number of aromatic nitrogens is 2. The molecule has 0 aliphatic carbocycles. The van der Waals surface area contributed by atoms with E-state index in [9.17, 15) is 4.79 Å². The Hall–Kier alpha value is -1.30. The Bertz CT molecular complexity index is 482. The number of amides is 1. The highest BCUT2D eigenvalue weighted by molar-refractivity contribution is 5.85. The first kappa shape index (κ1) is 17.7. The first-order valence-electron chi connectivity index (χ1n) is 5.64. The van der Waals surface area contributed by atoms with Gasteiger partial charge in [-0.25, -0.2) is 4.98 Å². The summed E-state index contributed by atoms with van der Waals surface area (Å²) in [5.74, 6) is 0.809. The van der Waals surface area contributed by atoms with E-state index in [0.717, 1.165) is 16.9 Å². The van der Waals surface area contributed by atoms with Crippen LogP contribution in [-0.4, -0.2) is 29.5 Å². The van der Waals surface area contributed by atoms with Gasteiger partial charge in [0.05, 0.1) is 17.6 Å². The molecule has 2 rings (SSSR count). The number of imidazole rings is 1. The summed E-state index contributed by atoms with van der Waals surface area (Å²) in [7, 11) is 1.83. The van der Waals surface area contributed by atoms with Crippen molar-refractivity contribution in [1.29, 1.82) is 0 Å². The first-order chi connectivity index (χ1) is 8.29. The minimum absolute atomic E-state index is 0. The van der Waals surface area contributed by atoms with Gasteiger partial charge >= 0.3 is 0 Å². The highest BCUT2D eigenvalue weighted by atomic mass is 35.5. The van der Waals surface area contributed by atoms with Gasteiger partial charge in [-0.2, -0.15) is 0 Å². The molecule has 0 aliphatic rings. The van der Waals surface area contributed by atoms with Gasteiger partial charge < -0.3 is 15.6 Å². The van der Waals surface area contributed by atoms with Crippen LogP contribution in [-0.2, 0) is 11.3 Å². The van der Waals surface area contributed by atoms with Gasteiger partial charge in [0.1, 0.15) is 5.82 Å². The van der Waals surface area contributed by atoms with Gasteiger partial charge in [-0.15, -0.1) is 24.8 Å². The number of para-hydroxylation sites is 2.